The van der Waals surface area contributed by atoms with Crippen molar-refractivity contribution in [3.63, 3.8) is 0 Å². The van der Waals surface area contributed by atoms with Gasteiger partial charge in [0.25, 0.3) is 0 Å². The third kappa shape index (κ3) is 1.27. The zero-order chi connectivity index (χ0) is 5.98. The van der Waals surface area contributed by atoms with E-state index >= 15 is 0 Å². The summed E-state index contributed by atoms with van der Waals surface area (Å²) in [5.74, 6) is 0. The summed E-state index contributed by atoms with van der Waals surface area (Å²) in [6.45, 7) is 4.39. The molecule has 8 heavy (non-hydrogen) atoms. The normalized spacial score (nSPS) is 9.25. The maximum atomic E-state index is 2.20. The quantitative estimate of drug-likeness (QED) is 0.456. The summed E-state index contributed by atoms with van der Waals surface area (Å²) in [6, 6.07) is 6.52. The van der Waals surface area contributed by atoms with Crippen LogP contribution in [0.4, 0.5) is 0 Å². The fourth-order valence-electron chi connectivity index (χ4n) is 0.807. The van der Waals surface area contributed by atoms with Crippen molar-refractivity contribution < 1.29 is 0 Å². The van der Waals surface area contributed by atoms with Gasteiger partial charge in [-0.1, -0.05) is 28.5 Å². The number of hydrogen-bond donors (Lipinski definition) is 0. The topological polar surface area (TPSA) is 0 Å². The van der Waals surface area contributed by atoms with Crippen LogP contribution < -0.4 is 0 Å². The van der Waals surface area contributed by atoms with Crippen LogP contribution in [0.15, 0.2) is 18.2 Å². The van der Waals surface area contributed by atoms with E-state index in [2.05, 4.69) is 32.0 Å². The molecular weight excluding hydrogens is 112 g/mol. The van der Waals surface area contributed by atoms with Gasteiger partial charge in [0.05, 0.1) is 0 Å². The highest BCUT2D eigenvalue weighted by atomic mass is 28.2. The van der Waals surface area contributed by atoms with E-state index in [0.29, 0.717) is 9.12 Å². The molecule has 0 nitrogen and oxygen atoms in total. The molecule has 0 aliphatic carbocycles. The lowest BCUT2D eigenvalue weighted by molar-refractivity contribution is 1.52. The van der Waals surface area contributed by atoms with Crippen molar-refractivity contribution in [3.8, 4) is 0 Å². The molecule has 0 aromatic carbocycles. The first-order valence-corrected chi connectivity index (χ1v) is 3.98. The Morgan fingerprint density at radius 3 is 1.88 bits per heavy atom. The van der Waals surface area contributed by atoms with Gasteiger partial charge in [-0.3, -0.25) is 0 Å². The third-order valence-electron chi connectivity index (χ3n) is 1.17. The van der Waals surface area contributed by atoms with Crippen molar-refractivity contribution in [2.24, 2.45) is 0 Å². The van der Waals surface area contributed by atoms with E-state index in [9.17, 15) is 0 Å². The van der Waals surface area contributed by atoms with Gasteiger partial charge >= 0.3 is 0 Å². The lowest BCUT2D eigenvalue weighted by Gasteiger charge is -1.90. The van der Waals surface area contributed by atoms with Crippen LogP contribution in [0, 0.1) is 13.8 Å². The smallest absolute Gasteiger partial charge is 0.0273 e. The molecule has 0 aliphatic rings. The highest BCUT2D eigenvalue weighted by Crippen LogP contribution is 1.93. The van der Waals surface area contributed by atoms with Gasteiger partial charge in [0.1, 0.15) is 0 Å². The lowest BCUT2D eigenvalue weighted by Crippen LogP contribution is -1.82. The average molecular weight is 122 g/mol. The summed E-state index contributed by atoms with van der Waals surface area (Å²) in [5.41, 5.74) is 0. The summed E-state index contributed by atoms with van der Waals surface area (Å²) in [5, 5.41) is 3.09. The number of hydrogen-bond acceptors (Lipinski definition) is 0. The minimum absolute atomic E-state index is 0.494. The molecule has 0 aliphatic heterocycles. The summed E-state index contributed by atoms with van der Waals surface area (Å²) in [6.07, 6.45) is 0. The van der Waals surface area contributed by atoms with Gasteiger partial charge in [0.15, 0.2) is 0 Å². The van der Waals surface area contributed by atoms with Gasteiger partial charge in [-0.15, -0.1) is 0 Å². The molecule has 0 amide bonds. The van der Waals surface area contributed by atoms with E-state index in [1.165, 1.54) is 0 Å². The van der Waals surface area contributed by atoms with Gasteiger partial charge in [-0.2, -0.15) is 0 Å². The molecule has 0 unspecified atom stereocenters. The van der Waals surface area contributed by atoms with Crippen molar-refractivity contribution in [1.82, 2.24) is 0 Å². The fourth-order valence-corrected chi connectivity index (χ4v) is 1.94. The molecule has 0 bridgehead atoms. The predicted octanol–water partition coefficient (Wildman–Crippen LogP) is 1.37. The molecule has 0 radical (unpaired) electrons. The van der Waals surface area contributed by atoms with Gasteiger partial charge in [-0.05, 0) is 13.8 Å². The second kappa shape index (κ2) is 2.22. The SMILES string of the molecule is Cc1cccc(C)[siH]1. The van der Waals surface area contributed by atoms with E-state index in [-0.39, 0.29) is 0 Å². The lowest BCUT2D eigenvalue weighted by atomic mass is 10.4. The molecule has 1 heteroatoms. The molecule has 1 rings (SSSR count). The Labute approximate surface area is 52.3 Å². The van der Waals surface area contributed by atoms with Gasteiger partial charge in [-0.25, -0.2) is 0 Å². The van der Waals surface area contributed by atoms with Crippen LogP contribution in [-0.2, 0) is 0 Å². The van der Waals surface area contributed by atoms with E-state index in [4.69, 9.17) is 0 Å². The fraction of sp³-hybridized carbons (Fsp3) is 0.286. The highest BCUT2D eigenvalue weighted by Gasteiger charge is 1.81. The molecule has 1 aromatic heterocycles. The molecule has 0 saturated heterocycles. The van der Waals surface area contributed by atoms with E-state index < -0.39 is 0 Å². The first-order chi connectivity index (χ1) is 3.79. The molecule has 42 valence electrons. The predicted molar refractivity (Wildman–Crippen MR) is 38.7 cm³/mol. The van der Waals surface area contributed by atoms with Crippen LogP contribution in [0.1, 0.15) is 10.3 Å². The molecule has 0 N–H and O–H groups in total. The Balaban J connectivity index is 3.08. The summed E-state index contributed by atoms with van der Waals surface area (Å²) in [4.78, 5) is 0. The molecule has 1 aromatic rings. The standard InChI is InChI=1S/C7H10Si/c1-6-4-3-5-7(2)8-6/h3-5,8H,1-2H3. The highest BCUT2D eigenvalue weighted by molar-refractivity contribution is 6.33. The third-order valence-corrected chi connectivity index (χ3v) is 2.47. The summed E-state index contributed by atoms with van der Waals surface area (Å²) in [7, 11) is 0.494. The summed E-state index contributed by atoms with van der Waals surface area (Å²) < 4.78 is 0. The molecule has 1 heterocycles. The molecule has 0 atom stereocenters. The molecular formula is C7H10Si. The Hall–Kier alpha value is -0.433. The zero-order valence-electron chi connectivity index (χ0n) is 5.31. The van der Waals surface area contributed by atoms with E-state index in [1.54, 1.807) is 10.3 Å². The second-order valence-corrected chi connectivity index (χ2v) is 4.27. The summed E-state index contributed by atoms with van der Waals surface area (Å²) >= 11 is 0. The first-order valence-electron chi connectivity index (χ1n) is 2.82. The van der Waals surface area contributed by atoms with Crippen LogP contribution in [0.3, 0.4) is 0 Å². The zero-order valence-corrected chi connectivity index (χ0v) is 6.46. The van der Waals surface area contributed by atoms with Crippen molar-refractivity contribution >= 4 is 9.12 Å². The van der Waals surface area contributed by atoms with Gasteiger partial charge in [0, 0.05) is 9.12 Å². The van der Waals surface area contributed by atoms with Crippen molar-refractivity contribution in [2.45, 2.75) is 13.8 Å². The van der Waals surface area contributed by atoms with E-state index in [0.717, 1.165) is 0 Å². The van der Waals surface area contributed by atoms with Gasteiger partial charge in [0.2, 0.25) is 0 Å². The Bertz CT molecular complexity index is 164. The van der Waals surface area contributed by atoms with Gasteiger partial charge < -0.3 is 0 Å². The maximum Gasteiger partial charge on any atom is 0.0273 e. The molecule has 0 saturated carbocycles. The Morgan fingerprint density at radius 2 is 1.62 bits per heavy atom. The van der Waals surface area contributed by atoms with Crippen molar-refractivity contribution in [1.29, 1.82) is 0 Å². The van der Waals surface area contributed by atoms with Crippen LogP contribution in [0.2, 0.25) is 0 Å². The average Bonchev–Trinajstić information content (AvgIpc) is 1.64. The minimum atomic E-state index is 0.494. The van der Waals surface area contributed by atoms with Crippen molar-refractivity contribution in [2.75, 3.05) is 0 Å². The minimum Gasteiger partial charge on any atom is -0.0696 e. The number of rotatable bonds is 0. The van der Waals surface area contributed by atoms with E-state index in [1.807, 2.05) is 0 Å². The molecule has 0 spiro atoms. The maximum absolute atomic E-state index is 2.20. The Kier molecular flexibility index (Phi) is 1.58. The van der Waals surface area contributed by atoms with Crippen LogP contribution in [0.25, 0.3) is 0 Å². The second-order valence-electron chi connectivity index (χ2n) is 2.16. The largest absolute Gasteiger partial charge is 0.0696 e. The Morgan fingerprint density at radius 1 is 1.12 bits per heavy atom. The monoisotopic (exact) mass is 122 g/mol. The number of aryl methyl sites for hydroxylation is 2. The van der Waals surface area contributed by atoms with Crippen LogP contribution in [0.5, 0.6) is 0 Å². The van der Waals surface area contributed by atoms with Crippen LogP contribution >= 0.6 is 0 Å². The molecule has 0 fully saturated rings. The first kappa shape index (κ1) is 5.70. The van der Waals surface area contributed by atoms with Crippen molar-refractivity contribution in [3.05, 3.63) is 28.5 Å². The van der Waals surface area contributed by atoms with Crippen LogP contribution in [-0.4, -0.2) is 9.12 Å².